The fourth-order valence-electron chi connectivity index (χ4n) is 7.76. The fraction of sp³-hybridized carbons (Fsp3) is 0.400. The first-order valence-electron chi connectivity index (χ1n) is 14.7. The molecule has 0 N–H and O–H groups in total. The molecule has 0 spiro atoms. The summed E-state index contributed by atoms with van der Waals surface area (Å²) >= 11 is 6.24. The Morgan fingerprint density at radius 1 is 0.854 bits per heavy atom. The number of hydrogen-bond donors (Lipinski definition) is 0. The molecule has 0 radical (unpaired) electrons. The molecule has 3 amide bonds. The van der Waals surface area contributed by atoms with E-state index in [0.717, 1.165) is 48.1 Å². The number of rotatable bonds is 5. The average Bonchev–Trinajstić information content (AvgIpc) is 3.21. The normalized spacial score (nSPS) is 26.0. The van der Waals surface area contributed by atoms with E-state index in [0.29, 0.717) is 17.9 Å². The van der Waals surface area contributed by atoms with Gasteiger partial charge in [-0.25, -0.2) is 0 Å². The van der Waals surface area contributed by atoms with Crippen molar-refractivity contribution in [3.05, 3.63) is 101 Å². The summed E-state index contributed by atoms with van der Waals surface area (Å²) in [5.74, 6) is -1.18. The second-order valence-electron chi connectivity index (χ2n) is 12.8. The average molecular weight is 569 g/mol. The van der Waals surface area contributed by atoms with Crippen LogP contribution in [0.25, 0.3) is 0 Å². The van der Waals surface area contributed by atoms with Crippen LogP contribution in [0.3, 0.4) is 0 Å². The fourth-order valence-corrected chi connectivity index (χ4v) is 7.89. The van der Waals surface area contributed by atoms with Gasteiger partial charge in [0, 0.05) is 28.1 Å². The van der Waals surface area contributed by atoms with Crippen LogP contribution in [0.5, 0.6) is 0 Å². The maximum absolute atomic E-state index is 14.9. The van der Waals surface area contributed by atoms with Gasteiger partial charge in [0.05, 0.1) is 11.8 Å². The molecule has 5 nitrogen and oxygen atoms in total. The third-order valence-electron chi connectivity index (χ3n) is 9.58. The van der Waals surface area contributed by atoms with Crippen molar-refractivity contribution in [3.63, 3.8) is 0 Å². The molecule has 1 saturated carbocycles. The highest BCUT2D eigenvalue weighted by Crippen LogP contribution is 2.51. The van der Waals surface area contributed by atoms with Gasteiger partial charge < -0.3 is 4.90 Å². The van der Waals surface area contributed by atoms with Crippen LogP contribution < -0.4 is 4.90 Å². The highest BCUT2D eigenvalue weighted by atomic mass is 35.5. The topological polar surface area (TPSA) is 57.7 Å². The Bertz CT molecular complexity index is 1460. The molecular weight excluding hydrogens is 532 g/mol. The molecular formula is C35H37ClN2O3. The third kappa shape index (κ3) is 4.68. The number of hydrogen-bond acceptors (Lipinski definition) is 3. The molecule has 3 aromatic rings. The predicted molar refractivity (Wildman–Crippen MR) is 162 cm³/mol. The first kappa shape index (κ1) is 27.7. The predicted octanol–water partition coefficient (Wildman–Crippen LogP) is 6.95. The third-order valence-corrected chi connectivity index (χ3v) is 9.83. The maximum Gasteiger partial charge on any atom is 0.251 e. The molecule has 6 heteroatoms. The summed E-state index contributed by atoms with van der Waals surface area (Å²) in [6.45, 7) is 6.39. The molecule has 0 unspecified atom stereocenters. The minimum atomic E-state index is -0.907. The summed E-state index contributed by atoms with van der Waals surface area (Å²) in [5.41, 5.74) is 2.94. The summed E-state index contributed by atoms with van der Waals surface area (Å²) in [7, 11) is 0. The van der Waals surface area contributed by atoms with E-state index in [4.69, 9.17) is 11.6 Å². The van der Waals surface area contributed by atoms with Crippen molar-refractivity contribution in [2.45, 2.75) is 76.3 Å². The van der Waals surface area contributed by atoms with E-state index in [1.54, 1.807) is 0 Å². The van der Waals surface area contributed by atoms with Crippen molar-refractivity contribution >= 4 is 35.0 Å². The van der Waals surface area contributed by atoms with E-state index in [2.05, 4.69) is 39.0 Å². The van der Waals surface area contributed by atoms with Crippen molar-refractivity contribution in [2.75, 3.05) is 4.90 Å². The highest BCUT2D eigenvalue weighted by molar-refractivity contribution is 6.30. The van der Waals surface area contributed by atoms with E-state index in [1.807, 2.05) is 65.6 Å². The number of likely N-dealkylation sites (tertiary alicyclic amines) is 1. The first-order valence-corrected chi connectivity index (χ1v) is 15.1. The van der Waals surface area contributed by atoms with Crippen LogP contribution in [-0.2, 0) is 26.2 Å². The van der Waals surface area contributed by atoms with E-state index in [9.17, 15) is 14.4 Å². The monoisotopic (exact) mass is 568 g/mol. The van der Waals surface area contributed by atoms with Crippen molar-refractivity contribution in [1.29, 1.82) is 0 Å². The summed E-state index contributed by atoms with van der Waals surface area (Å²) < 4.78 is 0. The van der Waals surface area contributed by atoms with Gasteiger partial charge in [0.2, 0.25) is 11.8 Å². The number of nitrogens with zero attached hydrogens (tertiary/aromatic N) is 2. The minimum Gasteiger partial charge on any atom is -0.305 e. The van der Waals surface area contributed by atoms with Crippen LogP contribution >= 0.6 is 11.6 Å². The van der Waals surface area contributed by atoms with Crippen molar-refractivity contribution < 1.29 is 14.4 Å². The second kappa shape index (κ2) is 10.4. The number of halogens is 1. The summed E-state index contributed by atoms with van der Waals surface area (Å²) in [5, 5.41) is 0.682. The number of imide groups is 1. The molecule has 4 atom stereocenters. The number of fused-ring (bicyclic) bond motifs is 2. The maximum atomic E-state index is 14.9. The van der Waals surface area contributed by atoms with Crippen molar-refractivity contribution in [3.8, 4) is 0 Å². The van der Waals surface area contributed by atoms with Gasteiger partial charge in [0.1, 0.15) is 6.04 Å². The van der Waals surface area contributed by atoms with Gasteiger partial charge in [-0.3, -0.25) is 19.3 Å². The van der Waals surface area contributed by atoms with Crippen molar-refractivity contribution in [1.82, 2.24) is 4.90 Å². The van der Waals surface area contributed by atoms with E-state index in [1.165, 1.54) is 4.90 Å². The Balaban J connectivity index is 1.45. The Kier molecular flexibility index (Phi) is 7.05. The van der Waals surface area contributed by atoms with E-state index >= 15 is 0 Å². The van der Waals surface area contributed by atoms with Crippen LogP contribution in [0.15, 0.2) is 78.9 Å². The SMILES string of the molecule is CC1(C)C[C@@](C)(c2ccc(Cl)cc2)c2ccccc2N1C(=O)[C@H](Cc1ccccc1)N1C(=O)[C@H]2CCCC[C@H]2C1=O. The number of carbonyl (C=O) groups is 3. The van der Waals surface area contributed by atoms with Crippen molar-refractivity contribution in [2.24, 2.45) is 11.8 Å². The Morgan fingerprint density at radius 2 is 1.44 bits per heavy atom. The van der Waals surface area contributed by atoms with Gasteiger partial charge in [0.25, 0.3) is 5.91 Å². The zero-order chi connectivity index (χ0) is 28.9. The molecule has 212 valence electrons. The number of benzene rings is 3. The molecule has 1 saturated heterocycles. The molecule has 3 aromatic carbocycles. The molecule has 0 bridgehead atoms. The molecule has 3 aliphatic rings. The number of anilines is 1. The quantitative estimate of drug-likeness (QED) is 0.313. The zero-order valence-corrected chi connectivity index (χ0v) is 24.7. The Hall–Kier alpha value is -3.44. The lowest BCUT2D eigenvalue weighted by molar-refractivity contribution is -0.147. The van der Waals surface area contributed by atoms with E-state index < -0.39 is 11.6 Å². The van der Waals surface area contributed by atoms with Gasteiger partial charge in [-0.05, 0) is 68.0 Å². The van der Waals surface area contributed by atoms with Crippen LogP contribution in [0, 0.1) is 11.8 Å². The van der Waals surface area contributed by atoms with Gasteiger partial charge >= 0.3 is 0 Å². The van der Waals surface area contributed by atoms with Gasteiger partial charge in [-0.1, -0.05) is 92.0 Å². The van der Waals surface area contributed by atoms with Gasteiger partial charge in [-0.2, -0.15) is 0 Å². The van der Waals surface area contributed by atoms with Crippen LogP contribution in [0.2, 0.25) is 5.02 Å². The van der Waals surface area contributed by atoms with Crippen LogP contribution in [0.1, 0.15) is 69.6 Å². The lowest BCUT2D eigenvalue weighted by Crippen LogP contribution is -2.61. The molecule has 41 heavy (non-hydrogen) atoms. The number of carbonyl (C=O) groups excluding carboxylic acids is 3. The minimum absolute atomic E-state index is 0.178. The lowest BCUT2D eigenvalue weighted by atomic mass is 9.65. The molecule has 2 fully saturated rings. The summed E-state index contributed by atoms with van der Waals surface area (Å²) in [4.78, 5) is 45.8. The van der Waals surface area contributed by atoms with Crippen LogP contribution in [0.4, 0.5) is 5.69 Å². The summed E-state index contributed by atoms with van der Waals surface area (Å²) in [6, 6.07) is 24.8. The first-order chi connectivity index (χ1) is 19.6. The Morgan fingerprint density at radius 3 is 2.07 bits per heavy atom. The standard InChI is InChI=1S/C35H37ClN2O3/c1-34(2)22-35(3,24-17-19-25(36)20-18-24)28-15-9-10-16-29(28)38(34)33(41)30(21-23-11-5-4-6-12-23)37-31(39)26-13-7-8-14-27(26)32(37)40/h4-6,9-12,15-20,26-27,30H,7-8,13-14,21-22H2,1-3H3/t26-,27+,30-,35-/m0/s1. The zero-order valence-electron chi connectivity index (χ0n) is 24.0. The lowest BCUT2D eigenvalue weighted by Gasteiger charge is -2.52. The second-order valence-corrected chi connectivity index (χ2v) is 13.2. The molecule has 2 aliphatic heterocycles. The number of amides is 3. The van der Waals surface area contributed by atoms with Crippen LogP contribution in [-0.4, -0.2) is 34.2 Å². The number of para-hydroxylation sites is 1. The molecule has 1 aliphatic carbocycles. The van der Waals surface area contributed by atoms with E-state index in [-0.39, 0.29) is 35.0 Å². The highest BCUT2D eigenvalue weighted by Gasteiger charge is 2.55. The molecule has 6 rings (SSSR count). The smallest absolute Gasteiger partial charge is 0.251 e. The molecule has 2 heterocycles. The van der Waals surface area contributed by atoms with Gasteiger partial charge in [-0.15, -0.1) is 0 Å². The summed E-state index contributed by atoms with van der Waals surface area (Å²) in [6.07, 6.45) is 4.28. The Labute approximate surface area is 247 Å². The van der Waals surface area contributed by atoms with Gasteiger partial charge in [0.15, 0.2) is 0 Å². The molecule has 0 aromatic heterocycles. The largest absolute Gasteiger partial charge is 0.305 e.